The number of carboxylic acids is 1. The van der Waals surface area contributed by atoms with Gasteiger partial charge in [0.2, 0.25) is 5.91 Å². The molecule has 1 unspecified atom stereocenters. The number of amides is 1. The van der Waals surface area contributed by atoms with Crippen LogP contribution in [0.2, 0.25) is 0 Å². The number of hydrogen-bond acceptors (Lipinski definition) is 6. The number of carbonyl (C=O) groups excluding carboxylic acids is 1. The second-order valence-corrected chi connectivity index (χ2v) is 8.92. The van der Waals surface area contributed by atoms with Gasteiger partial charge in [-0.15, -0.1) is 0 Å². The van der Waals surface area contributed by atoms with Crippen LogP contribution in [0.25, 0.3) is 0 Å². The minimum absolute atomic E-state index is 0.0877. The van der Waals surface area contributed by atoms with E-state index in [1.807, 2.05) is 23.1 Å². The Labute approximate surface area is 190 Å². The number of carbonyl (C=O) groups is 2. The number of piperidine rings is 1. The van der Waals surface area contributed by atoms with Crippen molar-refractivity contribution in [3.8, 4) is 5.75 Å². The molecule has 1 aromatic carbocycles. The normalized spacial score (nSPS) is 23.0. The summed E-state index contributed by atoms with van der Waals surface area (Å²) < 4.78 is 17.3. The topological polar surface area (TPSA) is 88.5 Å². The molecule has 2 atom stereocenters. The molecule has 3 rings (SSSR count). The lowest BCUT2D eigenvalue weighted by atomic mass is 9.89. The van der Waals surface area contributed by atoms with Crippen LogP contribution < -0.4 is 4.74 Å². The minimum Gasteiger partial charge on any atom is -0.482 e. The molecule has 8 heteroatoms. The van der Waals surface area contributed by atoms with E-state index in [2.05, 4.69) is 11.8 Å². The second kappa shape index (κ2) is 11.6. The summed E-state index contributed by atoms with van der Waals surface area (Å²) in [5.41, 5.74) is 0.633. The van der Waals surface area contributed by atoms with Gasteiger partial charge in [0.15, 0.2) is 6.61 Å². The monoisotopic (exact) mass is 448 g/mol. The summed E-state index contributed by atoms with van der Waals surface area (Å²) in [7, 11) is 0. The fourth-order valence-electron chi connectivity index (χ4n) is 4.57. The van der Waals surface area contributed by atoms with Crippen LogP contribution in [0, 0.1) is 0 Å². The maximum Gasteiger partial charge on any atom is 0.341 e. The average Bonchev–Trinajstić information content (AvgIpc) is 2.78. The Bertz CT molecular complexity index is 767. The predicted octanol–water partition coefficient (Wildman–Crippen LogP) is 2.72. The number of benzene rings is 1. The van der Waals surface area contributed by atoms with Crippen LogP contribution in [0.1, 0.15) is 51.2 Å². The first-order chi connectivity index (χ1) is 15.4. The maximum atomic E-state index is 12.2. The summed E-state index contributed by atoms with van der Waals surface area (Å²) in [5.74, 6) is -0.408. The first kappa shape index (κ1) is 24.5. The molecule has 2 aliphatic rings. The van der Waals surface area contributed by atoms with E-state index in [0.29, 0.717) is 12.4 Å². The number of rotatable bonds is 10. The fraction of sp³-hybridized carbons (Fsp3) is 0.667. The molecule has 178 valence electrons. The molecule has 8 nitrogen and oxygen atoms in total. The highest BCUT2D eigenvalue weighted by molar-refractivity contribution is 5.74. The molecule has 2 saturated heterocycles. The van der Waals surface area contributed by atoms with Crippen LogP contribution in [-0.2, 0) is 19.1 Å². The van der Waals surface area contributed by atoms with E-state index in [1.54, 1.807) is 13.0 Å². The summed E-state index contributed by atoms with van der Waals surface area (Å²) in [4.78, 5) is 27.4. The number of carboxylic acid groups (broad SMARTS) is 1. The van der Waals surface area contributed by atoms with Crippen molar-refractivity contribution in [3.63, 3.8) is 0 Å². The van der Waals surface area contributed by atoms with Crippen LogP contribution in [0.4, 0.5) is 0 Å². The molecule has 2 aliphatic heterocycles. The summed E-state index contributed by atoms with van der Waals surface area (Å²) >= 11 is 0. The van der Waals surface area contributed by atoms with Gasteiger partial charge in [-0.3, -0.25) is 9.69 Å². The second-order valence-electron chi connectivity index (χ2n) is 8.92. The zero-order valence-corrected chi connectivity index (χ0v) is 19.3. The lowest BCUT2D eigenvalue weighted by Gasteiger charge is -2.45. The molecule has 2 heterocycles. The van der Waals surface area contributed by atoms with Gasteiger partial charge in [-0.2, -0.15) is 0 Å². The Balaban J connectivity index is 1.72. The van der Waals surface area contributed by atoms with E-state index in [0.717, 1.165) is 70.6 Å². The quantitative estimate of drug-likeness (QED) is 0.589. The number of aliphatic carboxylic acids is 1. The maximum absolute atomic E-state index is 12.2. The Morgan fingerprint density at radius 2 is 2.00 bits per heavy atom. The fourth-order valence-corrected chi connectivity index (χ4v) is 4.57. The average molecular weight is 449 g/mol. The van der Waals surface area contributed by atoms with Crippen LogP contribution in [-0.4, -0.2) is 84.9 Å². The molecule has 1 amide bonds. The van der Waals surface area contributed by atoms with Gasteiger partial charge in [0.1, 0.15) is 5.75 Å². The number of hydrogen-bond donors (Lipinski definition) is 1. The van der Waals surface area contributed by atoms with Gasteiger partial charge in [-0.25, -0.2) is 4.79 Å². The summed E-state index contributed by atoms with van der Waals surface area (Å²) in [6, 6.07) is 7.47. The molecule has 2 fully saturated rings. The van der Waals surface area contributed by atoms with Gasteiger partial charge < -0.3 is 24.2 Å². The van der Waals surface area contributed by atoms with Crippen molar-refractivity contribution in [3.05, 3.63) is 29.8 Å². The minimum atomic E-state index is -1.01. The van der Waals surface area contributed by atoms with E-state index in [4.69, 9.17) is 19.3 Å². The van der Waals surface area contributed by atoms with E-state index in [-0.39, 0.29) is 24.2 Å². The van der Waals surface area contributed by atoms with Gasteiger partial charge in [0.05, 0.1) is 31.5 Å². The van der Waals surface area contributed by atoms with E-state index in [1.165, 1.54) is 0 Å². The number of ether oxygens (including phenoxy) is 3. The van der Waals surface area contributed by atoms with Gasteiger partial charge >= 0.3 is 5.97 Å². The smallest absolute Gasteiger partial charge is 0.341 e. The highest BCUT2D eigenvalue weighted by atomic mass is 16.5. The standard InChI is InChI=1S/C24H36N2O6/c1-19(27)26-10-4-3-9-24(26,2)18-32-22(8-11-25-12-14-30-15-13-25)20-6-5-7-21(16-20)31-17-23(28)29/h5-7,16,22H,3-4,8-15,17-18H2,1-2H3,(H,28,29)/t22-,24?/m1/s1. The van der Waals surface area contributed by atoms with Crippen molar-refractivity contribution < 1.29 is 28.9 Å². The highest BCUT2D eigenvalue weighted by Crippen LogP contribution is 2.32. The van der Waals surface area contributed by atoms with E-state index < -0.39 is 5.97 Å². The molecule has 0 spiro atoms. The van der Waals surface area contributed by atoms with Gasteiger partial charge in [0, 0.05) is 33.1 Å². The lowest BCUT2D eigenvalue weighted by Crippen LogP contribution is -2.54. The molecular weight excluding hydrogens is 412 g/mol. The first-order valence-corrected chi connectivity index (χ1v) is 11.5. The molecule has 1 N–H and O–H groups in total. The first-order valence-electron chi connectivity index (χ1n) is 11.5. The van der Waals surface area contributed by atoms with Crippen molar-refractivity contribution in [2.75, 3.05) is 52.6 Å². The molecule has 0 bridgehead atoms. The summed E-state index contributed by atoms with van der Waals surface area (Å²) in [6.07, 6.45) is 3.64. The van der Waals surface area contributed by atoms with E-state index >= 15 is 0 Å². The number of nitrogens with zero attached hydrogens (tertiary/aromatic N) is 2. The lowest BCUT2D eigenvalue weighted by molar-refractivity contribution is -0.142. The number of morpholine rings is 1. The summed E-state index contributed by atoms with van der Waals surface area (Å²) in [6.45, 7) is 8.77. The Morgan fingerprint density at radius 1 is 1.22 bits per heavy atom. The van der Waals surface area contributed by atoms with Crippen molar-refractivity contribution >= 4 is 11.9 Å². The molecule has 0 aromatic heterocycles. The van der Waals surface area contributed by atoms with Crippen molar-refractivity contribution in [1.82, 2.24) is 9.80 Å². The SMILES string of the molecule is CC(=O)N1CCCCC1(C)CO[C@H](CCN1CCOCC1)c1cccc(OCC(=O)O)c1. The third-order valence-electron chi connectivity index (χ3n) is 6.38. The highest BCUT2D eigenvalue weighted by Gasteiger charge is 2.37. The third kappa shape index (κ3) is 6.92. The largest absolute Gasteiger partial charge is 0.482 e. The molecule has 0 aliphatic carbocycles. The van der Waals surface area contributed by atoms with Crippen LogP contribution in [0.3, 0.4) is 0 Å². The predicted molar refractivity (Wildman–Crippen MR) is 120 cm³/mol. The third-order valence-corrected chi connectivity index (χ3v) is 6.38. The number of likely N-dealkylation sites (tertiary alicyclic amines) is 1. The van der Waals surface area contributed by atoms with Crippen molar-refractivity contribution in [1.29, 1.82) is 0 Å². The Kier molecular flexibility index (Phi) is 8.90. The van der Waals surface area contributed by atoms with Gasteiger partial charge in [0.25, 0.3) is 0 Å². The summed E-state index contributed by atoms with van der Waals surface area (Å²) in [5, 5.41) is 8.91. The van der Waals surface area contributed by atoms with Crippen molar-refractivity contribution in [2.45, 2.75) is 51.2 Å². The molecule has 0 radical (unpaired) electrons. The molecule has 0 saturated carbocycles. The van der Waals surface area contributed by atoms with Crippen LogP contribution >= 0.6 is 0 Å². The Morgan fingerprint density at radius 3 is 2.72 bits per heavy atom. The van der Waals surface area contributed by atoms with Crippen LogP contribution in [0.5, 0.6) is 5.75 Å². The zero-order chi connectivity index (χ0) is 23.0. The molecule has 32 heavy (non-hydrogen) atoms. The van der Waals surface area contributed by atoms with Crippen molar-refractivity contribution in [2.24, 2.45) is 0 Å². The van der Waals surface area contributed by atoms with Gasteiger partial charge in [-0.05, 0) is 50.3 Å². The molecular formula is C24H36N2O6. The van der Waals surface area contributed by atoms with Gasteiger partial charge in [-0.1, -0.05) is 12.1 Å². The zero-order valence-electron chi connectivity index (χ0n) is 19.3. The Hall–Kier alpha value is -2.16. The van der Waals surface area contributed by atoms with Crippen LogP contribution in [0.15, 0.2) is 24.3 Å². The molecule has 1 aromatic rings. The van der Waals surface area contributed by atoms with E-state index in [9.17, 15) is 9.59 Å².